The lowest BCUT2D eigenvalue weighted by Crippen LogP contribution is -2.19. The molecule has 2 aromatic carbocycles. The molecule has 0 fully saturated rings. The van der Waals surface area contributed by atoms with E-state index < -0.39 is 0 Å². The molecule has 0 bridgehead atoms. The van der Waals surface area contributed by atoms with E-state index in [1.165, 1.54) is 11.3 Å². The van der Waals surface area contributed by atoms with E-state index in [-0.39, 0.29) is 12.5 Å². The summed E-state index contributed by atoms with van der Waals surface area (Å²) in [6.07, 6.45) is 1.71. The van der Waals surface area contributed by atoms with E-state index in [4.69, 9.17) is 9.47 Å². The number of carbonyl (C=O) groups is 1. The van der Waals surface area contributed by atoms with Crippen LogP contribution in [0.4, 0.5) is 5.13 Å². The molecule has 0 aliphatic heterocycles. The molecule has 0 saturated carbocycles. The van der Waals surface area contributed by atoms with Crippen LogP contribution in [0.5, 0.6) is 17.2 Å². The predicted molar refractivity (Wildman–Crippen MR) is 93.9 cm³/mol. The van der Waals surface area contributed by atoms with Gasteiger partial charge in [-0.2, -0.15) is 0 Å². The minimum Gasteiger partial charge on any atom is -0.484 e. The fraction of sp³-hybridized carbons (Fsp3) is 0.111. The summed E-state index contributed by atoms with van der Waals surface area (Å²) in [6.45, 7) is 1.86. The molecule has 0 spiro atoms. The van der Waals surface area contributed by atoms with E-state index in [0.29, 0.717) is 16.6 Å². The summed E-state index contributed by atoms with van der Waals surface area (Å²) >= 11 is 1.43. The fourth-order valence-corrected chi connectivity index (χ4v) is 2.63. The van der Waals surface area contributed by atoms with E-state index in [2.05, 4.69) is 10.3 Å². The quantitative estimate of drug-likeness (QED) is 0.728. The first kappa shape index (κ1) is 16.0. The standard InChI is InChI=1S/C18H16N2O3S/c1-13-11-19-18(24-13)20-17(21)12-22-14-7-9-16(10-8-14)23-15-5-3-2-4-6-15/h2-11H,12H2,1H3,(H,19,20,21). The smallest absolute Gasteiger partial charge is 0.264 e. The number of aromatic nitrogens is 1. The molecule has 24 heavy (non-hydrogen) atoms. The number of benzene rings is 2. The highest BCUT2D eigenvalue weighted by Crippen LogP contribution is 2.23. The third-order valence-electron chi connectivity index (χ3n) is 3.04. The minimum atomic E-state index is -0.242. The summed E-state index contributed by atoms with van der Waals surface area (Å²) in [5.74, 6) is 1.83. The van der Waals surface area contributed by atoms with Gasteiger partial charge in [-0.3, -0.25) is 10.1 Å². The molecule has 6 heteroatoms. The Bertz CT molecular complexity index is 801. The van der Waals surface area contributed by atoms with Crippen LogP contribution in [-0.4, -0.2) is 17.5 Å². The lowest BCUT2D eigenvalue weighted by Gasteiger charge is -2.08. The van der Waals surface area contributed by atoms with Gasteiger partial charge in [-0.1, -0.05) is 18.2 Å². The van der Waals surface area contributed by atoms with E-state index in [1.54, 1.807) is 30.5 Å². The zero-order valence-corrected chi connectivity index (χ0v) is 13.9. The molecule has 1 N–H and O–H groups in total. The van der Waals surface area contributed by atoms with Gasteiger partial charge >= 0.3 is 0 Å². The van der Waals surface area contributed by atoms with Crippen molar-refractivity contribution in [2.24, 2.45) is 0 Å². The fourth-order valence-electron chi connectivity index (χ4n) is 1.95. The number of aryl methyl sites for hydroxylation is 1. The molecule has 1 aromatic heterocycles. The maximum Gasteiger partial charge on any atom is 0.264 e. The van der Waals surface area contributed by atoms with Crippen molar-refractivity contribution in [3.8, 4) is 17.2 Å². The van der Waals surface area contributed by atoms with Crippen molar-refractivity contribution in [2.75, 3.05) is 11.9 Å². The third-order valence-corrected chi connectivity index (χ3v) is 3.87. The van der Waals surface area contributed by atoms with Crippen molar-refractivity contribution < 1.29 is 14.3 Å². The van der Waals surface area contributed by atoms with E-state index in [0.717, 1.165) is 10.6 Å². The topological polar surface area (TPSA) is 60.5 Å². The molecule has 0 aliphatic rings. The molecular weight excluding hydrogens is 324 g/mol. The van der Waals surface area contributed by atoms with Crippen LogP contribution in [0.1, 0.15) is 4.88 Å². The molecule has 1 amide bonds. The Labute approximate surface area is 143 Å². The second kappa shape index (κ2) is 7.61. The van der Waals surface area contributed by atoms with Gasteiger partial charge < -0.3 is 9.47 Å². The molecule has 1 heterocycles. The lowest BCUT2D eigenvalue weighted by atomic mass is 10.3. The first-order chi connectivity index (χ1) is 11.7. The number of nitrogens with one attached hydrogen (secondary N) is 1. The highest BCUT2D eigenvalue weighted by molar-refractivity contribution is 7.15. The molecule has 122 valence electrons. The number of hydrogen-bond acceptors (Lipinski definition) is 5. The van der Waals surface area contributed by atoms with Gasteiger partial charge in [-0.15, -0.1) is 11.3 Å². The maximum atomic E-state index is 11.8. The highest BCUT2D eigenvalue weighted by Gasteiger charge is 2.06. The Kier molecular flexibility index (Phi) is 5.08. The Morgan fingerprint density at radius 3 is 2.38 bits per heavy atom. The van der Waals surface area contributed by atoms with Crippen LogP contribution < -0.4 is 14.8 Å². The highest BCUT2D eigenvalue weighted by atomic mass is 32.1. The van der Waals surface area contributed by atoms with Gasteiger partial charge in [0.1, 0.15) is 17.2 Å². The first-order valence-corrected chi connectivity index (χ1v) is 8.19. The third kappa shape index (κ3) is 4.57. The monoisotopic (exact) mass is 340 g/mol. The van der Waals surface area contributed by atoms with Crippen LogP contribution >= 0.6 is 11.3 Å². The number of carbonyl (C=O) groups excluding carboxylic acids is 1. The molecule has 0 unspecified atom stereocenters. The predicted octanol–water partition coefficient (Wildman–Crippen LogP) is 4.26. The average Bonchev–Trinajstić information content (AvgIpc) is 3.00. The molecule has 0 saturated heterocycles. The summed E-state index contributed by atoms with van der Waals surface area (Å²) in [4.78, 5) is 16.9. The van der Waals surface area contributed by atoms with Gasteiger partial charge in [0, 0.05) is 11.1 Å². The van der Waals surface area contributed by atoms with Gasteiger partial charge in [-0.25, -0.2) is 4.98 Å². The average molecular weight is 340 g/mol. The first-order valence-electron chi connectivity index (χ1n) is 7.37. The molecule has 5 nitrogen and oxygen atoms in total. The minimum absolute atomic E-state index is 0.0719. The summed E-state index contributed by atoms with van der Waals surface area (Å²) in [5.41, 5.74) is 0. The van der Waals surface area contributed by atoms with Crippen LogP contribution in [-0.2, 0) is 4.79 Å². The van der Waals surface area contributed by atoms with Crippen LogP contribution in [0, 0.1) is 6.92 Å². The molecule has 0 atom stereocenters. The number of rotatable bonds is 6. The number of nitrogens with zero attached hydrogens (tertiary/aromatic N) is 1. The number of anilines is 1. The van der Waals surface area contributed by atoms with Crippen molar-refractivity contribution in [1.82, 2.24) is 4.98 Å². The van der Waals surface area contributed by atoms with E-state index in [9.17, 15) is 4.79 Å². The molecule has 3 rings (SSSR count). The maximum absolute atomic E-state index is 11.8. The van der Waals surface area contributed by atoms with Crippen LogP contribution in [0.2, 0.25) is 0 Å². The molecule has 0 radical (unpaired) electrons. The zero-order chi connectivity index (χ0) is 16.8. The van der Waals surface area contributed by atoms with Gasteiger partial charge in [0.15, 0.2) is 11.7 Å². The summed E-state index contributed by atoms with van der Waals surface area (Å²) in [6, 6.07) is 16.6. The van der Waals surface area contributed by atoms with Crippen molar-refractivity contribution in [2.45, 2.75) is 6.92 Å². The van der Waals surface area contributed by atoms with Gasteiger partial charge in [0.05, 0.1) is 0 Å². The number of amides is 1. The van der Waals surface area contributed by atoms with Gasteiger partial charge in [-0.05, 0) is 43.3 Å². The van der Waals surface area contributed by atoms with Crippen LogP contribution in [0.15, 0.2) is 60.8 Å². The molecular formula is C18H16N2O3S. The van der Waals surface area contributed by atoms with Crippen LogP contribution in [0.3, 0.4) is 0 Å². The second-order valence-corrected chi connectivity index (χ2v) is 6.23. The SMILES string of the molecule is Cc1cnc(NC(=O)COc2ccc(Oc3ccccc3)cc2)s1. The van der Waals surface area contributed by atoms with Crippen molar-refractivity contribution >= 4 is 22.4 Å². The summed E-state index contributed by atoms with van der Waals surface area (Å²) in [5, 5.41) is 3.27. The summed E-state index contributed by atoms with van der Waals surface area (Å²) < 4.78 is 11.2. The van der Waals surface area contributed by atoms with E-state index >= 15 is 0 Å². The van der Waals surface area contributed by atoms with Crippen molar-refractivity contribution in [3.05, 3.63) is 65.7 Å². The normalized spacial score (nSPS) is 10.2. The Hall–Kier alpha value is -2.86. The number of ether oxygens (including phenoxy) is 2. The van der Waals surface area contributed by atoms with Gasteiger partial charge in [0.2, 0.25) is 0 Å². The largest absolute Gasteiger partial charge is 0.484 e. The summed E-state index contributed by atoms with van der Waals surface area (Å²) in [7, 11) is 0. The van der Waals surface area contributed by atoms with Crippen molar-refractivity contribution in [3.63, 3.8) is 0 Å². The number of hydrogen-bond donors (Lipinski definition) is 1. The second-order valence-electron chi connectivity index (χ2n) is 5.00. The Morgan fingerprint density at radius 1 is 1.04 bits per heavy atom. The number of thiazole rings is 1. The van der Waals surface area contributed by atoms with Crippen LogP contribution in [0.25, 0.3) is 0 Å². The Balaban J connectivity index is 1.50. The Morgan fingerprint density at radius 2 is 1.71 bits per heavy atom. The number of para-hydroxylation sites is 1. The molecule has 0 aliphatic carbocycles. The van der Waals surface area contributed by atoms with Crippen molar-refractivity contribution in [1.29, 1.82) is 0 Å². The lowest BCUT2D eigenvalue weighted by molar-refractivity contribution is -0.118. The van der Waals surface area contributed by atoms with Gasteiger partial charge in [0.25, 0.3) is 5.91 Å². The zero-order valence-electron chi connectivity index (χ0n) is 13.1. The molecule has 3 aromatic rings. The van der Waals surface area contributed by atoms with E-state index in [1.807, 2.05) is 37.3 Å².